The fraction of sp³-hybridized carbons (Fsp3) is 0.750. The van der Waals surface area contributed by atoms with Gasteiger partial charge in [0.05, 0.1) is 11.7 Å². The van der Waals surface area contributed by atoms with Gasteiger partial charge in [-0.05, 0) is 60.8 Å². The highest BCUT2D eigenvalue weighted by Crippen LogP contribution is 2.61. The minimum absolute atomic E-state index is 0.182. The Bertz CT molecular complexity index is 545. The lowest BCUT2D eigenvalue weighted by molar-refractivity contribution is -0.137. The number of rotatable bonds is 3. The summed E-state index contributed by atoms with van der Waals surface area (Å²) in [4.78, 5) is 11.7. The van der Waals surface area contributed by atoms with Crippen LogP contribution in [0.2, 0.25) is 0 Å². The molecule has 1 N–H and O–H groups in total. The van der Waals surface area contributed by atoms with Crippen molar-refractivity contribution in [3.63, 3.8) is 0 Å². The molecular formula is C20H30O3. The van der Waals surface area contributed by atoms with Gasteiger partial charge in [-0.15, -0.1) is 0 Å². The monoisotopic (exact) mass is 318 g/mol. The van der Waals surface area contributed by atoms with Crippen molar-refractivity contribution in [1.29, 1.82) is 0 Å². The largest absolute Gasteiger partial charge is 0.458 e. The lowest BCUT2D eigenvalue weighted by Gasteiger charge is -2.58. The van der Waals surface area contributed by atoms with Crippen molar-refractivity contribution in [2.45, 2.75) is 65.4 Å². The van der Waals surface area contributed by atoms with Gasteiger partial charge in [-0.3, -0.25) is 0 Å². The summed E-state index contributed by atoms with van der Waals surface area (Å²) in [5, 5.41) is 10.6. The third-order valence-electron chi connectivity index (χ3n) is 6.89. The molecule has 0 aromatic carbocycles. The zero-order valence-electron chi connectivity index (χ0n) is 14.7. The van der Waals surface area contributed by atoms with Crippen molar-refractivity contribution in [2.75, 3.05) is 6.61 Å². The zero-order chi connectivity index (χ0) is 16.8. The summed E-state index contributed by atoms with van der Waals surface area (Å²) in [5.74, 6) is 0.589. The first-order valence-corrected chi connectivity index (χ1v) is 8.98. The van der Waals surface area contributed by atoms with Crippen LogP contribution in [0.4, 0.5) is 0 Å². The van der Waals surface area contributed by atoms with Gasteiger partial charge >= 0.3 is 5.97 Å². The molecule has 4 atom stereocenters. The van der Waals surface area contributed by atoms with Crippen LogP contribution in [0.3, 0.4) is 0 Å². The maximum Gasteiger partial charge on any atom is 0.336 e. The van der Waals surface area contributed by atoms with E-state index < -0.39 is 6.10 Å². The Morgan fingerprint density at radius 1 is 1.39 bits per heavy atom. The molecule has 0 amide bonds. The number of cyclic esters (lactones) is 1. The number of carbonyl (C=O) groups is 1. The van der Waals surface area contributed by atoms with E-state index in [1.165, 1.54) is 31.3 Å². The molecule has 0 unspecified atom stereocenters. The van der Waals surface area contributed by atoms with Crippen LogP contribution in [-0.4, -0.2) is 23.8 Å². The number of carbonyl (C=O) groups excluding carboxylic acids is 1. The first-order valence-electron chi connectivity index (χ1n) is 8.98. The van der Waals surface area contributed by atoms with E-state index in [0.717, 1.165) is 6.42 Å². The van der Waals surface area contributed by atoms with Crippen LogP contribution in [-0.2, 0) is 9.53 Å². The Kier molecular flexibility index (Phi) is 4.20. The molecule has 1 aliphatic heterocycles. The average Bonchev–Trinajstić information content (AvgIpc) is 2.88. The van der Waals surface area contributed by atoms with Crippen molar-refractivity contribution < 1.29 is 14.6 Å². The van der Waals surface area contributed by atoms with E-state index in [1.54, 1.807) is 6.08 Å². The molecule has 23 heavy (non-hydrogen) atoms. The summed E-state index contributed by atoms with van der Waals surface area (Å²) in [6.45, 7) is 11.8. The van der Waals surface area contributed by atoms with E-state index >= 15 is 0 Å². The van der Waals surface area contributed by atoms with Crippen LogP contribution in [0.5, 0.6) is 0 Å². The molecule has 3 aliphatic rings. The van der Waals surface area contributed by atoms with Gasteiger partial charge in [0.25, 0.3) is 0 Å². The van der Waals surface area contributed by atoms with Gasteiger partial charge in [-0.2, -0.15) is 0 Å². The summed E-state index contributed by atoms with van der Waals surface area (Å²) in [7, 11) is 0. The van der Waals surface area contributed by atoms with E-state index in [1.807, 2.05) is 0 Å². The van der Waals surface area contributed by atoms with E-state index in [0.29, 0.717) is 29.9 Å². The van der Waals surface area contributed by atoms with Gasteiger partial charge in [-0.25, -0.2) is 4.79 Å². The molecule has 2 saturated carbocycles. The highest BCUT2D eigenvalue weighted by molar-refractivity contribution is 5.91. The van der Waals surface area contributed by atoms with E-state index in [-0.39, 0.29) is 17.3 Å². The SMILES string of the molecule is C=C1CC[C@H]2C(C)(C)CCC[C@]2(C)[C@H]1C[C@H](O)C1=CCOC1=O. The minimum Gasteiger partial charge on any atom is -0.458 e. The Morgan fingerprint density at radius 2 is 2.13 bits per heavy atom. The summed E-state index contributed by atoms with van der Waals surface area (Å²) in [6, 6.07) is 0. The van der Waals surface area contributed by atoms with Crippen molar-refractivity contribution in [1.82, 2.24) is 0 Å². The molecule has 0 spiro atoms. The lowest BCUT2D eigenvalue weighted by atomic mass is 9.47. The van der Waals surface area contributed by atoms with Gasteiger partial charge in [0.2, 0.25) is 0 Å². The molecule has 0 saturated heterocycles. The molecule has 1 heterocycles. The van der Waals surface area contributed by atoms with Crippen molar-refractivity contribution in [3.05, 3.63) is 23.8 Å². The number of allylic oxidation sites excluding steroid dienone is 1. The van der Waals surface area contributed by atoms with E-state index in [4.69, 9.17) is 4.74 Å². The Morgan fingerprint density at radius 3 is 2.78 bits per heavy atom. The summed E-state index contributed by atoms with van der Waals surface area (Å²) < 4.78 is 4.95. The zero-order valence-corrected chi connectivity index (χ0v) is 14.7. The molecule has 2 aliphatic carbocycles. The van der Waals surface area contributed by atoms with Gasteiger partial charge < -0.3 is 9.84 Å². The van der Waals surface area contributed by atoms with E-state index in [9.17, 15) is 9.90 Å². The third-order valence-corrected chi connectivity index (χ3v) is 6.89. The summed E-state index contributed by atoms with van der Waals surface area (Å²) >= 11 is 0. The van der Waals surface area contributed by atoms with Crippen LogP contribution in [0.15, 0.2) is 23.8 Å². The molecule has 0 radical (unpaired) electrons. The second-order valence-corrected chi connectivity index (χ2v) is 8.66. The number of hydrogen-bond donors (Lipinski definition) is 1. The second kappa shape index (κ2) is 5.77. The number of fused-ring (bicyclic) bond motifs is 1. The molecule has 3 rings (SSSR count). The smallest absolute Gasteiger partial charge is 0.336 e. The predicted molar refractivity (Wildman–Crippen MR) is 90.8 cm³/mol. The topological polar surface area (TPSA) is 46.5 Å². The minimum atomic E-state index is -0.729. The number of aliphatic hydroxyl groups excluding tert-OH is 1. The molecule has 0 bridgehead atoms. The Hall–Kier alpha value is -1.09. The molecule has 128 valence electrons. The van der Waals surface area contributed by atoms with Crippen molar-refractivity contribution >= 4 is 5.97 Å². The Balaban J connectivity index is 1.84. The van der Waals surface area contributed by atoms with Gasteiger partial charge in [0.15, 0.2) is 0 Å². The highest BCUT2D eigenvalue weighted by Gasteiger charge is 2.53. The molecule has 3 heteroatoms. The quantitative estimate of drug-likeness (QED) is 0.631. The highest BCUT2D eigenvalue weighted by atomic mass is 16.5. The third kappa shape index (κ3) is 2.77. The van der Waals surface area contributed by atoms with Gasteiger partial charge in [-0.1, -0.05) is 39.3 Å². The molecule has 0 aromatic heterocycles. The van der Waals surface area contributed by atoms with Crippen LogP contribution < -0.4 is 0 Å². The molecule has 0 aromatic rings. The first kappa shape index (κ1) is 16.8. The lowest BCUT2D eigenvalue weighted by Crippen LogP contribution is -2.50. The van der Waals surface area contributed by atoms with Crippen LogP contribution in [0.1, 0.15) is 59.3 Å². The number of aliphatic hydroxyl groups is 1. The first-order chi connectivity index (χ1) is 10.8. The van der Waals surface area contributed by atoms with Crippen molar-refractivity contribution in [3.8, 4) is 0 Å². The standard InChI is InChI=1S/C20H30O3/c1-13-6-7-17-19(2,3)9-5-10-20(17,4)15(13)12-16(21)14-8-11-23-18(14)22/h8,15-17,21H,1,5-7,9-12H2,2-4H3/t15-,16-,17-,20+/m0/s1. The number of ether oxygens (including phenoxy) is 1. The van der Waals surface area contributed by atoms with Gasteiger partial charge in [0.1, 0.15) is 6.61 Å². The van der Waals surface area contributed by atoms with Crippen molar-refractivity contribution in [2.24, 2.45) is 22.7 Å². The summed E-state index contributed by atoms with van der Waals surface area (Å²) in [5.41, 5.74) is 2.23. The molecule has 2 fully saturated rings. The average molecular weight is 318 g/mol. The molecule has 3 nitrogen and oxygen atoms in total. The van der Waals surface area contributed by atoms with Crippen LogP contribution in [0.25, 0.3) is 0 Å². The Labute approximate surface area is 139 Å². The fourth-order valence-corrected chi connectivity index (χ4v) is 5.71. The summed E-state index contributed by atoms with van der Waals surface area (Å²) in [6.07, 6.45) is 7.57. The second-order valence-electron chi connectivity index (χ2n) is 8.66. The maximum atomic E-state index is 11.7. The number of hydrogen-bond acceptors (Lipinski definition) is 3. The normalized spacial score (nSPS) is 37.8. The predicted octanol–water partition coefficient (Wildman–Crippen LogP) is 4.02. The van der Waals surface area contributed by atoms with E-state index in [2.05, 4.69) is 27.4 Å². The number of esters is 1. The maximum absolute atomic E-state index is 11.7. The molecular weight excluding hydrogens is 288 g/mol. The van der Waals surface area contributed by atoms with Crippen LogP contribution in [0, 0.1) is 22.7 Å². The van der Waals surface area contributed by atoms with Crippen LogP contribution >= 0.6 is 0 Å². The van der Waals surface area contributed by atoms with Gasteiger partial charge in [0, 0.05) is 0 Å². The fourth-order valence-electron chi connectivity index (χ4n) is 5.71.